The lowest BCUT2D eigenvalue weighted by molar-refractivity contribution is -0.234. The predicted octanol–water partition coefficient (Wildman–Crippen LogP) is 2.24. The Morgan fingerprint density at radius 2 is 1.94 bits per heavy atom. The van der Waals surface area contributed by atoms with Crippen LogP contribution < -0.4 is 5.73 Å². The monoisotopic (exact) mass is 254 g/mol. The fourth-order valence-electron chi connectivity index (χ4n) is 1.93. The van der Waals surface area contributed by atoms with Gasteiger partial charge in [-0.2, -0.15) is 0 Å². The number of halogens is 1. The summed E-state index contributed by atoms with van der Waals surface area (Å²) in [4.78, 5) is 4.30. The topological polar surface area (TPSA) is 56.8 Å². The van der Waals surface area contributed by atoms with Crippen molar-refractivity contribution in [1.29, 1.82) is 0 Å². The van der Waals surface area contributed by atoms with Gasteiger partial charge in [0, 0.05) is 29.4 Å². The molecule has 1 heterocycles. The van der Waals surface area contributed by atoms with Gasteiger partial charge < -0.3 is 15.2 Å². The molecule has 0 spiro atoms. The summed E-state index contributed by atoms with van der Waals surface area (Å²) in [6.45, 7) is 4.72. The van der Waals surface area contributed by atoms with Crippen molar-refractivity contribution < 1.29 is 9.47 Å². The highest BCUT2D eigenvalue weighted by Crippen LogP contribution is 2.38. The molecule has 1 aliphatic rings. The Labute approximate surface area is 105 Å². The zero-order valence-electron chi connectivity index (χ0n) is 9.87. The van der Waals surface area contributed by atoms with Gasteiger partial charge in [0.2, 0.25) is 0 Å². The molecule has 1 aliphatic heterocycles. The number of nitrogens with zero attached hydrogens (tertiary/aromatic N) is 1. The third-order valence-corrected chi connectivity index (χ3v) is 2.78. The average molecular weight is 255 g/mol. The van der Waals surface area contributed by atoms with Crippen molar-refractivity contribution in [2.45, 2.75) is 19.8 Å². The summed E-state index contributed by atoms with van der Waals surface area (Å²) in [7, 11) is 0. The second-order valence-electron chi connectivity index (χ2n) is 3.63. The van der Waals surface area contributed by atoms with Gasteiger partial charge in [-0.05, 0) is 32.0 Å². The van der Waals surface area contributed by atoms with Gasteiger partial charge in [0.05, 0.1) is 0 Å². The minimum Gasteiger partial charge on any atom is -0.383 e. The number of nitrogens with two attached hydrogens (primary N) is 1. The number of amidine groups is 1. The largest absolute Gasteiger partial charge is 0.383 e. The van der Waals surface area contributed by atoms with E-state index in [4.69, 9.17) is 26.8 Å². The molecule has 17 heavy (non-hydrogen) atoms. The van der Waals surface area contributed by atoms with Crippen molar-refractivity contribution in [3.05, 3.63) is 34.3 Å². The first-order chi connectivity index (χ1) is 8.13. The molecule has 0 radical (unpaired) electrons. The molecule has 0 atom stereocenters. The van der Waals surface area contributed by atoms with Gasteiger partial charge in [0.25, 0.3) is 0 Å². The molecular weight excluding hydrogens is 240 g/mol. The van der Waals surface area contributed by atoms with Crippen LogP contribution in [0.25, 0.3) is 0 Å². The van der Waals surface area contributed by atoms with Crippen molar-refractivity contribution >= 4 is 17.4 Å². The van der Waals surface area contributed by atoms with Gasteiger partial charge in [-0.15, -0.1) is 0 Å². The zero-order chi connectivity index (χ0) is 12.5. The summed E-state index contributed by atoms with van der Waals surface area (Å²) in [5, 5.41) is 0.609. The first kappa shape index (κ1) is 12.4. The molecule has 0 bridgehead atoms. The summed E-state index contributed by atoms with van der Waals surface area (Å²) in [5.41, 5.74) is 7.47. The van der Waals surface area contributed by atoms with Crippen LogP contribution in [0.15, 0.2) is 23.2 Å². The number of hydrogen-bond donors (Lipinski definition) is 1. The molecule has 0 amide bonds. The minimum absolute atomic E-state index is 0.415. The molecule has 0 saturated heterocycles. The predicted molar refractivity (Wildman–Crippen MR) is 67.1 cm³/mol. The van der Waals surface area contributed by atoms with Gasteiger partial charge in [-0.3, -0.25) is 0 Å². The third-order valence-electron chi connectivity index (χ3n) is 2.55. The zero-order valence-corrected chi connectivity index (χ0v) is 10.6. The molecule has 0 unspecified atom stereocenters. The van der Waals surface area contributed by atoms with Crippen molar-refractivity contribution in [3.63, 3.8) is 0 Å². The average Bonchev–Trinajstić information content (AvgIpc) is 2.53. The maximum atomic E-state index is 6.00. The Bertz CT molecular complexity index is 454. The molecule has 0 fully saturated rings. The molecule has 1 aromatic rings. The quantitative estimate of drug-likeness (QED) is 0.839. The van der Waals surface area contributed by atoms with Crippen LogP contribution in [0.5, 0.6) is 0 Å². The Hall–Kier alpha value is -1.10. The van der Waals surface area contributed by atoms with Crippen molar-refractivity contribution in [1.82, 2.24) is 0 Å². The van der Waals surface area contributed by atoms with Crippen molar-refractivity contribution in [2.75, 3.05) is 13.2 Å². The van der Waals surface area contributed by atoms with Crippen LogP contribution in [-0.4, -0.2) is 19.0 Å². The van der Waals surface area contributed by atoms with E-state index in [-0.39, 0.29) is 0 Å². The van der Waals surface area contributed by atoms with Gasteiger partial charge in [-0.25, -0.2) is 4.99 Å². The number of rotatable bonds is 4. The lowest BCUT2D eigenvalue weighted by atomic mass is 10.1. The molecular formula is C12H15ClN2O2. The lowest BCUT2D eigenvalue weighted by Crippen LogP contribution is -2.29. The van der Waals surface area contributed by atoms with Crippen LogP contribution in [0, 0.1) is 0 Å². The molecule has 2 N–H and O–H groups in total. The van der Waals surface area contributed by atoms with Gasteiger partial charge in [0.1, 0.15) is 5.84 Å². The summed E-state index contributed by atoms with van der Waals surface area (Å²) >= 11 is 6.00. The summed E-state index contributed by atoms with van der Waals surface area (Å²) in [6, 6.07) is 5.39. The second-order valence-corrected chi connectivity index (χ2v) is 4.07. The highest BCUT2D eigenvalue weighted by molar-refractivity contribution is 6.30. The first-order valence-electron chi connectivity index (χ1n) is 5.56. The Balaban J connectivity index is 2.53. The summed E-state index contributed by atoms with van der Waals surface area (Å²) in [6.07, 6.45) is 0. The molecule has 5 heteroatoms. The SMILES string of the molecule is CCOC1(OCC)N=C(N)c2ccc(Cl)cc21. The molecule has 0 aliphatic carbocycles. The van der Waals surface area contributed by atoms with E-state index in [2.05, 4.69) is 4.99 Å². The Morgan fingerprint density at radius 1 is 1.29 bits per heavy atom. The van der Waals surface area contributed by atoms with E-state index < -0.39 is 5.91 Å². The number of aliphatic imine (C=N–C) groups is 1. The maximum absolute atomic E-state index is 6.00. The Kier molecular flexibility index (Phi) is 3.38. The number of ether oxygens (including phenoxy) is 2. The van der Waals surface area contributed by atoms with Crippen LogP contribution in [-0.2, 0) is 15.4 Å². The minimum atomic E-state index is -1.13. The van der Waals surface area contributed by atoms with Crippen molar-refractivity contribution in [3.8, 4) is 0 Å². The maximum Gasteiger partial charge on any atom is 0.300 e. The number of fused-ring (bicyclic) bond motifs is 1. The fraction of sp³-hybridized carbons (Fsp3) is 0.417. The van der Waals surface area contributed by atoms with E-state index in [0.29, 0.717) is 24.1 Å². The van der Waals surface area contributed by atoms with Gasteiger partial charge in [-0.1, -0.05) is 11.6 Å². The van der Waals surface area contributed by atoms with Crippen LogP contribution in [0.1, 0.15) is 25.0 Å². The Morgan fingerprint density at radius 3 is 2.53 bits per heavy atom. The van der Waals surface area contributed by atoms with Crippen LogP contribution in [0.2, 0.25) is 5.02 Å². The molecule has 1 aromatic carbocycles. The van der Waals surface area contributed by atoms with E-state index in [1.54, 1.807) is 12.1 Å². The summed E-state index contributed by atoms with van der Waals surface area (Å²) in [5.74, 6) is -0.716. The standard InChI is InChI=1S/C12H15ClN2O2/c1-3-16-12(17-4-2)10-7-8(13)5-6-9(10)11(14)15-12/h5-7H,3-4H2,1-2H3,(H2,14,15). The van der Waals surface area contributed by atoms with E-state index in [1.165, 1.54) is 0 Å². The molecule has 0 aromatic heterocycles. The van der Waals surface area contributed by atoms with Gasteiger partial charge >= 0.3 is 5.91 Å². The first-order valence-corrected chi connectivity index (χ1v) is 5.94. The molecule has 92 valence electrons. The second kappa shape index (κ2) is 4.64. The van der Waals surface area contributed by atoms with E-state index in [9.17, 15) is 0 Å². The van der Waals surface area contributed by atoms with Crippen molar-refractivity contribution in [2.24, 2.45) is 10.7 Å². The van der Waals surface area contributed by atoms with E-state index in [0.717, 1.165) is 11.1 Å². The number of benzene rings is 1. The van der Waals surface area contributed by atoms with Crippen LogP contribution in [0.4, 0.5) is 0 Å². The van der Waals surface area contributed by atoms with Crippen LogP contribution in [0.3, 0.4) is 0 Å². The molecule has 2 rings (SSSR count). The highest BCUT2D eigenvalue weighted by atomic mass is 35.5. The summed E-state index contributed by atoms with van der Waals surface area (Å²) < 4.78 is 11.3. The highest BCUT2D eigenvalue weighted by Gasteiger charge is 2.41. The molecule has 4 nitrogen and oxygen atoms in total. The van der Waals surface area contributed by atoms with Gasteiger partial charge in [0.15, 0.2) is 0 Å². The fourth-order valence-corrected chi connectivity index (χ4v) is 2.11. The lowest BCUT2D eigenvalue weighted by Gasteiger charge is -2.26. The number of hydrogen-bond acceptors (Lipinski definition) is 4. The third kappa shape index (κ3) is 2.04. The normalized spacial score (nSPS) is 16.8. The smallest absolute Gasteiger partial charge is 0.300 e. The van der Waals surface area contributed by atoms with E-state index in [1.807, 2.05) is 19.9 Å². The van der Waals surface area contributed by atoms with E-state index >= 15 is 0 Å². The molecule has 0 saturated carbocycles. The van der Waals surface area contributed by atoms with Crippen LogP contribution >= 0.6 is 11.6 Å².